The number of hydrogen-bond donors (Lipinski definition) is 2. The lowest BCUT2D eigenvalue weighted by atomic mass is 9.85. The number of ether oxygens (including phenoxy) is 2. The number of rotatable bonds is 18. The number of carbonyl (C=O) groups is 2. The Kier molecular flexibility index (Phi) is 17.1. The third kappa shape index (κ3) is 9.85. The van der Waals surface area contributed by atoms with Gasteiger partial charge in [0.25, 0.3) is 0 Å². The number of phenolic OH excluding ortho intramolecular Hbond substituents is 2. The summed E-state index contributed by atoms with van der Waals surface area (Å²) in [6.45, 7) is 0. The number of halogens is 38. The maximum atomic E-state index is 13.9. The minimum atomic E-state index is -9.70. The minimum Gasteiger partial charge on any atom is -0.508 e. The summed E-state index contributed by atoms with van der Waals surface area (Å²) in [6, 6.07) is 3.61. The second-order valence-corrected chi connectivity index (χ2v) is 13.9. The smallest absolute Gasteiger partial charge is 0.473 e. The molecule has 0 bridgehead atoms. The fraction of sp³-hybridized carbons (Fsp3) is 0.562. The van der Waals surface area contributed by atoms with E-state index in [0.29, 0.717) is 24.3 Å². The first-order valence-corrected chi connectivity index (χ1v) is 17.0. The Morgan fingerprint density at radius 2 is 0.513 bits per heavy atom. The van der Waals surface area contributed by atoms with Gasteiger partial charge in [0.1, 0.15) is 17.1 Å². The van der Waals surface area contributed by atoms with Crippen LogP contribution in [0.5, 0.6) is 11.5 Å². The zero-order valence-corrected chi connectivity index (χ0v) is 33.5. The molecule has 440 valence electrons. The third-order valence-electron chi connectivity index (χ3n) is 8.84. The summed E-state index contributed by atoms with van der Waals surface area (Å²) in [5, 5.41) is 18.0. The number of aromatic hydroxyl groups is 2. The average molecular weight is 1210 g/mol. The van der Waals surface area contributed by atoms with Crippen molar-refractivity contribution < 1.29 is 196 Å². The molecule has 44 heteroatoms. The zero-order chi connectivity index (χ0) is 61.5. The van der Waals surface area contributed by atoms with E-state index in [2.05, 4.69) is 9.47 Å². The zero-order valence-electron chi connectivity index (χ0n) is 33.5. The number of benzene rings is 2. The van der Waals surface area contributed by atoms with E-state index < -0.39 is 142 Å². The molecule has 0 unspecified atom stereocenters. The van der Waals surface area contributed by atoms with Crippen LogP contribution in [0.2, 0.25) is 0 Å². The lowest BCUT2D eigenvalue weighted by Crippen LogP contribution is -2.78. The van der Waals surface area contributed by atoms with E-state index in [9.17, 15) is 176 Å². The van der Waals surface area contributed by atoms with Crippen LogP contribution in [0.4, 0.5) is 167 Å². The van der Waals surface area contributed by atoms with E-state index in [1.54, 1.807) is 0 Å². The van der Waals surface area contributed by atoms with Gasteiger partial charge in [0.05, 0.1) is 5.56 Å². The predicted octanol–water partition coefficient (Wildman–Crippen LogP) is 14.3. The highest BCUT2D eigenvalue weighted by atomic mass is 19.5. The van der Waals surface area contributed by atoms with Crippen molar-refractivity contribution in [3.8, 4) is 11.5 Å². The van der Waals surface area contributed by atoms with Crippen LogP contribution in [0.15, 0.2) is 48.5 Å². The van der Waals surface area contributed by atoms with E-state index in [0.717, 1.165) is 12.1 Å². The van der Waals surface area contributed by atoms with Crippen LogP contribution >= 0.6 is 0 Å². The standard InChI is InChI=1S/C19H5F25O3.C13H5F13O3/c20-8(21,10(24,25)12(28,29)14(32,33)16(36,37)18(40,41)42)9(22,23)11(26,27)13(30,31)15(34,35)17(38,39)19(43,44)47-7(46)5-1-3-6(45)4-2-5;14-8(15,10(18,19)12(22,23)24)9(16,17)11(20,21)13(25,26)29-7(28)5-3-1-2-4-6(5)27/h1-4,45H;1-4,27H. The fourth-order valence-corrected chi connectivity index (χ4v) is 4.41. The third-order valence-corrected chi connectivity index (χ3v) is 8.84. The highest BCUT2D eigenvalue weighted by molar-refractivity contribution is 5.92. The first kappa shape index (κ1) is 68.3. The van der Waals surface area contributed by atoms with Crippen LogP contribution in [0.25, 0.3) is 0 Å². The van der Waals surface area contributed by atoms with Gasteiger partial charge in [-0.3, -0.25) is 0 Å². The Bertz CT molecular complexity index is 2400. The first-order chi connectivity index (χ1) is 32.8. The molecule has 0 fully saturated rings. The molecule has 0 amide bonds. The van der Waals surface area contributed by atoms with Gasteiger partial charge >= 0.3 is 119 Å². The monoisotopic (exact) mass is 1210 g/mol. The quantitative estimate of drug-likeness (QED) is 0.114. The Balaban J connectivity index is 0.000000850. The largest absolute Gasteiger partial charge is 0.508 e. The van der Waals surface area contributed by atoms with E-state index in [1.807, 2.05) is 0 Å². The lowest BCUT2D eigenvalue weighted by molar-refractivity contribution is -0.487. The van der Waals surface area contributed by atoms with Crippen molar-refractivity contribution in [2.24, 2.45) is 0 Å². The molecule has 76 heavy (non-hydrogen) atoms. The number of para-hydroxylation sites is 1. The molecule has 2 N–H and O–H groups in total. The van der Waals surface area contributed by atoms with Gasteiger partial charge in [0.2, 0.25) is 0 Å². The molecular weight excluding hydrogens is 1200 g/mol. The Morgan fingerprint density at radius 3 is 0.763 bits per heavy atom. The van der Waals surface area contributed by atoms with Gasteiger partial charge in [0.15, 0.2) is 0 Å². The summed E-state index contributed by atoms with van der Waals surface area (Å²) in [6.07, 6.45) is -30.5. The number of phenols is 2. The van der Waals surface area contributed by atoms with Crippen molar-refractivity contribution >= 4 is 11.9 Å². The van der Waals surface area contributed by atoms with Crippen molar-refractivity contribution in [1.29, 1.82) is 0 Å². The second kappa shape index (κ2) is 19.1. The lowest BCUT2D eigenvalue weighted by Gasteiger charge is -2.45. The molecule has 0 spiro atoms. The molecule has 0 aliphatic heterocycles. The van der Waals surface area contributed by atoms with Crippen molar-refractivity contribution in [3.63, 3.8) is 0 Å². The summed E-state index contributed by atoms with van der Waals surface area (Å²) in [5.74, 6) is -133. The van der Waals surface area contributed by atoms with Crippen LogP contribution in [0.3, 0.4) is 0 Å². The molecule has 0 atom stereocenters. The molecular formula is C32H10F38O6. The SMILES string of the molecule is O=C(OC(F)(F)C(F)(F)C(F)(F)C(F)(F)C(F)(F)C(F)(F)C(F)(F)C(F)(F)C(F)(F)C(F)(F)C(F)(F)C(F)(F)F)c1ccc(O)cc1.O=C(OC(F)(F)C(F)(F)C(F)(F)C(F)(F)C(F)(F)C(F)(F)F)c1ccccc1O. The molecule has 0 saturated carbocycles. The summed E-state index contributed by atoms with van der Waals surface area (Å²) < 4.78 is 507. The number of carbonyl (C=O) groups excluding carboxylic acids is 2. The molecule has 0 aliphatic rings. The maximum absolute atomic E-state index is 13.9. The molecule has 0 aliphatic carbocycles. The van der Waals surface area contributed by atoms with Crippen LogP contribution in [-0.4, -0.2) is 130 Å². The molecule has 2 aromatic rings. The highest BCUT2D eigenvalue weighted by Gasteiger charge is 3.00. The summed E-state index contributed by atoms with van der Waals surface area (Å²) >= 11 is 0. The van der Waals surface area contributed by atoms with Gasteiger partial charge in [0, 0.05) is 0 Å². The first-order valence-electron chi connectivity index (χ1n) is 17.0. The fourth-order valence-electron chi connectivity index (χ4n) is 4.41. The molecule has 0 radical (unpaired) electrons. The average Bonchev–Trinajstić information content (AvgIpc) is 3.22. The number of hydrogen-bond acceptors (Lipinski definition) is 6. The molecule has 2 rings (SSSR count). The van der Waals surface area contributed by atoms with Gasteiger partial charge in [-0.1, -0.05) is 12.1 Å². The Labute approximate surface area is 387 Å². The van der Waals surface area contributed by atoms with E-state index >= 15 is 0 Å². The van der Waals surface area contributed by atoms with Crippen LogP contribution in [0.1, 0.15) is 20.7 Å². The maximum Gasteiger partial charge on any atom is 0.473 e. The summed E-state index contributed by atoms with van der Waals surface area (Å²) in [5.41, 5.74) is -2.89. The van der Waals surface area contributed by atoms with Gasteiger partial charge in [-0.2, -0.15) is 167 Å². The van der Waals surface area contributed by atoms with Gasteiger partial charge in [-0.25, -0.2) is 9.59 Å². The van der Waals surface area contributed by atoms with Gasteiger partial charge < -0.3 is 19.7 Å². The minimum absolute atomic E-state index is 0.111. The number of alkyl halides is 38. The normalized spacial score (nSPS) is 15.4. The molecule has 2 aromatic carbocycles. The second-order valence-electron chi connectivity index (χ2n) is 13.9. The Hall–Kier alpha value is -5.68. The predicted molar refractivity (Wildman–Crippen MR) is 158 cm³/mol. The molecule has 0 saturated heterocycles. The summed E-state index contributed by atoms with van der Waals surface area (Å²) in [7, 11) is 0. The van der Waals surface area contributed by atoms with Crippen molar-refractivity contribution in [1.82, 2.24) is 0 Å². The van der Waals surface area contributed by atoms with Crippen molar-refractivity contribution in [2.75, 3.05) is 0 Å². The molecule has 0 heterocycles. The van der Waals surface area contributed by atoms with E-state index in [4.69, 9.17) is 10.2 Å². The summed E-state index contributed by atoms with van der Waals surface area (Å²) in [4.78, 5) is 22.7. The van der Waals surface area contributed by atoms with Crippen molar-refractivity contribution in [2.45, 2.75) is 107 Å². The topological polar surface area (TPSA) is 93.1 Å². The van der Waals surface area contributed by atoms with Crippen molar-refractivity contribution in [3.05, 3.63) is 59.7 Å². The highest BCUT2D eigenvalue weighted by Crippen LogP contribution is 2.68. The Morgan fingerprint density at radius 1 is 0.289 bits per heavy atom. The van der Waals surface area contributed by atoms with Crippen LogP contribution < -0.4 is 0 Å². The van der Waals surface area contributed by atoms with Crippen LogP contribution in [0, 0.1) is 0 Å². The van der Waals surface area contributed by atoms with E-state index in [1.165, 1.54) is 0 Å². The van der Waals surface area contributed by atoms with Gasteiger partial charge in [-0.05, 0) is 36.4 Å². The van der Waals surface area contributed by atoms with E-state index in [-0.39, 0.29) is 12.1 Å². The van der Waals surface area contributed by atoms with Gasteiger partial charge in [-0.15, -0.1) is 0 Å². The molecule has 6 nitrogen and oxygen atoms in total. The number of esters is 2. The van der Waals surface area contributed by atoms with Crippen LogP contribution in [-0.2, 0) is 9.47 Å². The molecule has 0 aromatic heterocycles.